The topological polar surface area (TPSA) is 40.5 Å². The molecule has 0 aliphatic carbocycles. The molecular weight excluding hydrogens is 288 g/mol. The molecule has 122 valence electrons. The molecule has 22 heavy (non-hydrogen) atoms. The van der Waals surface area contributed by atoms with Crippen molar-refractivity contribution in [1.82, 2.24) is 4.90 Å². The second-order valence-corrected chi connectivity index (χ2v) is 6.00. The van der Waals surface area contributed by atoms with Crippen molar-refractivity contribution in [1.29, 1.82) is 0 Å². The first-order chi connectivity index (χ1) is 10.6. The van der Waals surface area contributed by atoms with E-state index in [-0.39, 0.29) is 18.9 Å². The van der Waals surface area contributed by atoms with Crippen LogP contribution in [0, 0.1) is 17.6 Å². The third kappa shape index (κ3) is 5.05. The number of benzene rings is 1. The number of hydrogen-bond donors (Lipinski definition) is 1. The van der Waals surface area contributed by atoms with Crippen LogP contribution in [0.2, 0.25) is 0 Å². The summed E-state index contributed by atoms with van der Waals surface area (Å²) in [6.45, 7) is 1.60. The molecule has 5 heteroatoms. The van der Waals surface area contributed by atoms with E-state index < -0.39 is 11.6 Å². The molecule has 1 saturated heterocycles. The van der Waals surface area contributed by atoms with Crippen molar-refractivity contribution in [2.24, 2.45) is 5.92 Å². The summed E-state index contributed by atoms with van der Waals surface area (Å²) >= 11 is 0. The summed E-state index contributed by atoms with van der Waals surface area (Å²) in [4.78, 5) is 14.1. The maximum Gasteiger partial charge on any atom is 0.226 e. The number of rotatable bonds is 5. The van der Waals surface area contributed by atoms with Gasteiger partial charge in [0.05, 0.1) is 6.42 Å². The second kappa shape index (κ2) is 8.22. The molecule has 1 atom stereocenters. The zero-order valence-corrected chi connectivity index (χ0v) is 12.7. The van der Waals surface area contributed by atoms with Gasteiger partial charge in [0.25, 0.3) is 0 Å². The van der Waals surface area contributed by atoms with Crippen LogP contribution >= 0.6 is 0 Å². The Labute approximate surface area is 129 Å². The van der Waals surface area contributed by atoms with Crippen molar-refractivity contribution in [3.8, 4) is 0 Å². The van der Waals surface area contributed by atoms with Crippen LogP contribution in [0.5, 0.6) is 0 Å². The fourth-order valence-electron chi connectivity index (χ4n) is 3.08. The van der Waals surface area contributed by atoms with Crippen LogP contribution < -0.4 is 0 Å². The Bertz CT molecular complexity index is 487. The molecule has 1 aliphatic heterocycles. The van der Waals surface area contributed by atoms with Crippen molar-refractivity contribution in [3.05, 3.63) is 35.4 Å². The average Bonchev–Trinajstić information content (AvgIpc) is 2.69. The van der Waals surface area contributed by atoms with Gasteiger partial charge in [-0.05, 0) is 55.7 Å². The van der Waals surface area contributed by atoms with E-state index >= 15 is 0 Å². The van der Waals surface area contributed by atoms with Crippen molar-refractivity contribution in [2.45, 2.75) is 38.5 Å². The third-order valence-corrected chi connectivity index (χ3v) is 4.25. The number of nitrogens with zero attached hydrogens (tertiary/aromatic N) is 1. The van der Waals surface area contributed by atoms with Gasteiger partial charge in [-0.2, -0.15) is 0 Å². The number of carbonyl (C=O) groups is 1. The fourth-order valence-corrected chi connectivity index (χ4v) is 3.08. The molecule has 1 aliphatic rings. The lowest BCUT2D eigenvalue weighted by atomic mass is 9.95. The highest BCUT2D eigenvalue weighted by Gasteiger charge is 2.20. The lowest BCUT2D eigenvalue weighted by molar-refractivity contribution is -0.130. The number of amides is 1. The Hall–Kier alpha value is -1.49. The van der Waals surface area contributed by atoms with E-state index in [4.69, 9.17) is 5.11 Å². The van der Waals surface area contributed by atoms with Crippen molar-refractivity contribution < 1.29 is 18.7 Å². The van der Waals surface area contributed by atoms with E-state index in [0.29, 0.717) is 24.6 Å². The predicted octanol–water partition coefficient (Wildman–Crippen LogP) is 2.91. The second-order valence-electron chi connectivity index (χ2n) is 6.00. The van der Waals surface area contributed by atoms with E-state index in [1.807, 2.05) is 0 Å². The van der Waals surface area contributed by atoms with Gasteiger partial charge in [-0.1, -0.05) is 0 Å². The zero-order valence-electron chi connectivity index (χ0n) is 12.7. The third-order valence-electron chi connectivity index (χ3n) is 4.25. The summed E-state index contributed by atoms with van der Waals surface area (Å²) in [6, 6.07) is 3.23. The van der Waals surface area contributed by atoms with Crippen molar-refractivity contribution >= 4 is 5.91 Å². The van der Waals surface area contributed by atoms with Gasteiger partial charge in [0.2, 0.25) is 5.91 Å². The standard InChI is InChI=1S/C17H23F2NO2/c18-15-9-14(10-16(19)12-15)11-17(22)20-6-1-3-13(5-7-20)4-2-8-21/h9-10,12-13,21H,1-8,11H2. The molecular formula is C17H23F2NO2. The van der Waals surface area contributed by atoms with Crippen LogP contribution in [0.3, 0.4) is 0 Å². The van der Waals surface area contributed by atoms with E-state index in [9.17, 15) is 13.6 Å². The first-order valence-corrected chi connectivity index (χ1v) is 7.92. The van der Waals surface area contributed by atoms with Gasteiger partial charge >= 0.3 is 0 Å². The fraction of sp³-hybridized carbons (Fsp3) is 0.588. The highest BCUT2D eigenvalue weighted by Crippen LogP contribution is 2.22. The molecule has 1 fully saturated rings. The van der Waals surface area contributed by atoms with Crippen LogP contribution in [0.25, 0.3) is 0 Å². The molecule has 0 aromatic heterocycles. The normalized spacial score (nSPS) is 19.0. The summed E-state index contributed by atoms with van der Waals surface area (Å²) in [7, 11) is 0. The molecule has 2 rings (SSSR count). The number of hydrogen-bond acceptors (Lipinski definition) is 2. The van der Waals surface area contributed by atoms with Crippen LogP contribution in [-0.4, -0.2) is 35.6 Å². The quantitative estimate of drug-likeness (QED) is 0.908. The van der Waals surface area contributed by atoms with Crippen molar-refractivity contribution in [2.75, 3.05) is 19.7 Å². The Balaban J connectivity index is 1.89. The first kappa shape index (κ1) is 16.9. The minimum atomic E-state index is -0.650. The molecule has 0 radical (unpaired) electrons. The Morgan fingerprint density at radius 3 is 2.59 bits per heavy atom. The maximum absolute atomic E-state index is 13.2. The average molecular weight is 311 g/mol. The minimum Gasteiger partial charge on any atom is -0.396 e. The number of aliphatic hydroxyl groups is 1. The van der Waals surface area contributed by atoms with E-state index in [2.05, 4.69) is 0 Å². The predicted molar refractivity (Wildman–Crippen MR) is 80.3 cm³/mol. The molecule has 0 bridgehead atoms. The number of aliphatic hydroxyl groups excluding tert-OH is 1. The van der Waals surface area contributed by atoms with Gasteiger partial charge in [-0.15, -0.1) is 0 Å². The molecule has 1 unspecified atom stereocenters. The summed E-state index contributed by atoms with van der Waals surface area (Å²) in [5, 5.41) is 8.89. The summed E-state index contributed by atoms with van der Waals surface area (Å²) in [6.07, 6.45) is 4.78. The van der Waals surface area contributed by atoms with Gasteiger partial charge in [0, 0.05) is 25.8 Å². The van der Waals surface area contributed by atoms with Gasteiger partial charge in [0.15, 0.2) is 0 Å². The first-order valence-electron chi connectivity index (χ1n) is 7.92. The Kier molecular flexibility index (Phi) is 6.31. The van der Waals surface area contributed by atoms with Crippen LogP contribution in [0.15, 0.2) is 18.2 Å². The number of likely N-dealkylation sites (tertiary alicyclic amines) is 1. The lowest BCUT2D eigenvalue weighted by Gasteiger charge is -2.21. The number of halogens is 2. The molecule has 0 spiro atoms. The van der Waals surface area contributed by atoms with Gasteiger partial charge in [-0.25, -0.2) is 8.78 Å². The largest absolute Gasteiger partial charge is 0.396 e. The van der Waals surface area contributed by atoms with E-state index in [0.717, 1.165) is 38.2 Å². The zero-order chi connectivity index (χ0) is 15.9. The summed E-state index contributed by atoms with van der Waals surface area (Å²) < 4.78 is 26.3. The van der Waals surface area contributed by atoms with Gasteiger partial charge in [-0.3, -0.25) is 4.79 Å². The van der Waals surface area contributed by atoms with Gasteiger partial charge < -0.3 is 10.0 Å². The highest BCUT2D eigenvalue weighted by molar-refractivity contribution is 5.78. The van der Waals surface area contributed by atoms with Crippen LogP contribution in [0.4, 0.5) is 8.78 Å². The monoisotopic (exact) mass is 311 g/mol. The maximum atomic E-state index is 13.2. The Morgan fingerprint density at radius 2 is 1.91 bits per heavy atom. The summed E-state index contributed by atoms with van der Waals surface area (Å²) in [5.41, 5.74) is 0.378. The smallest absolute Gasteiger partial charge is 0.226 e. The van der Waals surface area contributed by atoms with E-state index in [1.54, 1.807) is 4.90 Å². The lowest BCUT2D eigenvalue weighted by Crippen LogP contribution is -2.33. The SMILES string of the molecule is O=C(Cc1cc(F)cc(F)c1)N1CCCC(CCCO)CC1. The summed E-state index contributed by atoms with van der Waals surface area (Å²) in [5.74, 6) is -0.824. The van der Waals surface area contributed by atoms with Gasteiger partial charge in [0.1, 0.15) is 11.6 Å². The molecule has 1 aromatic carbocycles. The molecule has 3 nitrogen and oxygen atoms in total. The molecule has 1 N–H and O–H groups in total. The molecule has 1 aromatic rings. The van der Waals surface area contributed by atoms with Crippen LogP contribution in [0.1, 0.15) is 37.7 Å². The van der Waals surface area contributed by atoms with Crippen LogP contribution in [-0.2, 0) is 11.2 Å². The molecule has 1 amide bonds. The minimum absolute atomic E-state index is 0.0377. The Morgan fingerprint density at radius 1 is 1.18 bits per heavy atom. The van der Waals surface area contributed by atoms with Crippen molar-refractivity contribution in [3.63, 3.8) is 0 Å². The molecule has 0 saturated carbocycles. The molecule has 1 heterocycles. The number of carbonyl (C=O) groups excluding carboxylic acids is 1. The highest BCUT2D eigenvalue weighted by atomic mass is 19.1. The van der Waals surface area contributed by atoms with E-state index in [1.165, 1.54) is 12.1 Å².